The van der Waals surface area contributed by atoms with Crippen LogP contribution in [-0.2, 0) is 0 Å². The molecule has 0 saturated heterocycles. The number of hydrogen-bond acceptors (Lipinski definition) is 1. The van der Waals surface area contributed by atoms with Crippen molar-refractivity contribution >= 4 is 5.96 Å². The van der Waals surface area contributed by atoms with Gasteiger partial charge in [0.15, 0.2) is 5.96 Å². The summed E-state index contributed by atoms with van der Waals surface area (Å²) in [7, 11) is 2.03. The molecule has 0 aromatic carbocycles. The van der Waals surface area contributed by atoms with Crippen LogP contribution in [0.4, 0.5) is 0 Å². The zero-order valence-corrected chi connectivity index (χ0v) is 11.3. The van der Waals surface area contributed by atoms with Crippen LogP contribution < -0.4 is 5.73 Å². The Morgan fingerprint density at radius 3 is 2.31 bits per heavy atom. The molecule has 3 heteroatoms. The molecule has 3 nitrogen and oxygen atoms in total. The lowest BCUT2D eigenvalue weighted by molar-refractivity contribution is 0.301. The molecule has 16 heavy (non-hydrogen) atoms. The maximum Gasteiger partial charge on any atom is 0.191 e. The first kappa shape index (κ1) is 13.3. The smallest absolute Gasteiger partial charge is 0.191 e. The molecule has 0 bridgehead atoms. The monoisotopic (exact) mass is 225 g/mol. The number of hydrogen-bond donors (Lipinski definition) is 1. The van der Waals surface area contributed by atoms with E-state index in [1.165, 1.54) is 32.1 Å². The zero-order valence-electron chi connectivity index (χ0n) is 11.3. The highest BCUT2D eigenvalue weighted by Gasteiger charge is 2.17. The fraction of sp³-hybridized carbons (Fsp3) is 0.923. The van der Waals surface area contributed by atoms with Crippen molar-refractivity contribution in [2.75, 3.05) is 13.6 Å². The van der Waals surface area contributed by atoms with Crippen LogP contribution in [0.25, 0.3) is 0 Å². The van der Waals surface area contributed by atoms with Crippen LogP contribution in [0.3, 0.4) is 0 Å². The van der Waals surface area contributed by atoms with Gasteiger partial charge in [-0.3, -0.25) is 0 Å². The van der Waals surface area contributed by atoms with Gasteiger partial charge in [0.25, 0.3) is 0 Å². The minimum atomic E-state index is 0.265. The summed E-state index contributed by atoms with van der Waals surface area (Å²) in [6.45, 7) is 7.61. The van der Waals surface area contributed by atoms with Gasteiger partial charge in [-0.25, -0.2) is 4.99 Å². The summed E-state index contributed by atoms with van der Waals surface area (Å²) in [5.74, 6) is 0.710. The van der Waals surface area contributed by atoms with Gasteiger partial charge in [0.2, 0.25) is 0 Å². The summed E-state index contributed by atoms with van der Waals surface area (Å²) in [6, 6.07) is 0.469. The van der Waals surface area contributed by atoms with E-state index in [9.17, 15) is 0 Å². The van der Waals surface area contributed by atoms with Gasteiger partial charge in [-0.05, 0) is 18.3 Å². The molecule has 0 heterocycles. The van der Waals surface area contributed by atoms with Gasteiger partial charge in [-0.1, -0.05) is 40.0 Å². The third kappa shape index (κ3) is 4.86. The van der Waals surface area contributed by atoms with Crippen LogP contribution >= 0.6 is 0 Å². The van der Waals surface area contributed by atoms with Crippen molar-refractivity contribution in [2.45, 2.75) is 58.9 Å². The van der Waals surface area contributed by atoms with Gasteiger partial charge < -0.3 is 10.6 Å². The largest absolute Gasteiger partial charge is 0.370 e. The molecule has 1 saturated carbocycles. The average molecular weight is 225 g/mol. The summed E-state index contributed by atoms with van der Waals surface area (Å²) < 4.78 is 0. The first-order chi connectivity index (χ1) is 7.38. The van der Waals surface area contributed by atoms with E-state index in [1.807, 2.05) is 7.05 Å². The molecule has 0 amide bonds. The predicted molar refractivity (Wildman–Crippen MR) is 70.6 cm³/mol. The molecular weight excluding hydrogens is 198 g/mol. The molecular formula is C13H27N3. The molecule has 1 aliphatic carbocycles. The third-order valence-corrected chi connectivity index (χ3v) is 2.99. The molecule has 0 unspecified atom stereocenters. The SMILES string of the molecule is CN(CC(C)(C)C)C(N)=NC1CCCCC1. The van der Waals surface area contributed by atoms with Crippen molar-refractivity contribution in [1.29, 1.82) is 0 Å². The molecule has 0 spiro atoms. The molecule has 94 valence electrons. The normalized spacial score (nSPS) is 19.9. The first-order valence-corrected chi connectivity index (χ1v) is 6.43. The minimum Gasteiger partial charge on any atom is -0.370 e. The first-order valence-electron chi connectivity index (χ1n) is 6.43. The van der Waals surface area contributed by atoms with Crippen molar-refractivity contribution in [3.05, 3.63) is 0 Å². The number of nitrogens with two attached hydrogens (primary N) is 1. The zero-order chi connectivity index (χ0) is 12.2. The second kappa shape index (κ2) is 5.55. The summed E-state index contributed by atoms with van der Waals surface area (Å²) in [6.07, 6.45) is 6.41. The fourth-order valence-corrected chi connectivity index (χ4v) is 2.29. The van der Waals surface area contributed by atoms with E-state index in [4.69, 9.17) is 5.73 Å². The van der Waals surface area contributed by atoms with Crippen molar-refractivity contribution in [1.82, 2.24) is 4.90 Å². The minimum absolute atomic E-state index is 0.265. The van der Waals surface area contributed by atoms with Crippen LogP contribution in [0.2, 0.25) is 0 Å². The van der Waals surface area contributed by atoms with Gasteiger partial charge in [-0.2, -0.15) is 0 Å². The summed E-state index contributed by atoms with van der Waals surface area (Å²) in [5.41, 5.74) is 6.30. The maximum absolute atomic E-state index is 6.03. The Hall–Kier alpha value is -0.730. The maximum atomic E-state index is 6.03. The van der Waals surface area contributed by atoms with Crippen molar-refractivity contribution in [3.63, 3.8) is 0 Å². The van der Waals surface area contributed by atoms with E-state index in [0.717, 1.165) is 6.54 Å². The lowest BCUT2D eigenvalue weighted by Crippen LogP contribution is -2.40. The Bertz CT molecular complexity index is 234. The number of nitrogens with zero attached hydrogens (tertiary/aromatic N) is 2. The second-order valence-electron chi connectivity index (χ2n) is 6.20. The molecule has 0 aromatic heterocycles. The van der Waals surface area contributed by atoms with Gasteiger partial charge in [-0.15, -0.1) is 0 Å². The Labute approximate surface area is 100 Å². The molecule has 0 aromatic rings. The van der Waals surface area contributed by atoms with Crippen molar-refractivity contribution in [2.24, 2.45) is 16.1 Å². The van der Waals surface area contributed by atoms with E-state index in [0.29, 0.717) is 12.0 Å². The van der Waals surface area contributed by atoms with Crippen LogP contribution in [0.1, 0.15) is 52.9 Å². The Kier molecular flexibility index (Phi) is 4.63. The van der Waals surface area contributed by atoms with E-state index in [-0.39, 0.29) is 5.41 Å². The highest BCUT2D eigenvalue weighted by Crippen LogP contribution is 2.20. The third-order valence-electron chi connectivity index (χ3n) is 2.99. The molecule has 2 N–H and O–H groups in total. The highest BCUT2D eigenvalue weighted by atomic mass is 15.2. The van der Waals surface area contributed by atoms with Crippen LogP contribution in [0.5, 0.6) is 0 Å². The molecule has 1 fully saturated rings. The number of aliphatic imine (C=N–C) groups is 1. The van der Waals surface area contributed by atoms with Gasteiger partial charge in [0.1, 0.15) is 0 Å². The Balaban J connectivity index is 2.47. The fourth-order valence-electron chi connectivity index (χ4n) is 2.29. The standard InChI is InChI=1S/C13H27N3/c1-13(2,3)10-16(4)12(14)15-11-8-6-5-7-9-11/h11H,5-10H2,1-4H3,(H2,14,15). The lowest BCUT2D eigenvalue weighted by Gasteiger charge is -2.28. The Morgan fingerprint density at radius 1 is 1.25 bits per heavy atom. The lowest BCUT2D eigenvalue weighted by atomic mass is 9.96. The topological polar surface area (TPSA) is 41.6 Å². The van der Waals surface area contributed by atoms with Crippen molar-refractivity contribution < 1.29 is 0 Å². The van der Waals surface area contributed by atoms with Crippen LogP contribution in [-0.4, -0.2) is 30.5 Å². The summed E-state index contributed by atoms with van der Waals surface area (Å²) in [4.78, 5) is 6.72. The van der Waals surface area contributed by atoms with E-state index >= 15 is 0 Å². The molecule has 1 aliphatic rings. The van der Waals surface area contributed by atoms with E-state index in [2.05, 4.69) is 30.7 Å². The average Bonchev–Trinajstić information content (AvgIpc) is 2.16. The van der Waals surface area contributed by atoms with Gasteiger partial charge in [0, 0.05) is 13.6 Å². The number of rotatable bonds is 2. The Morgan fingerprint density at radius 2 is 1.81 bits per heavy atom. The van der Waals surface area contributed by atoms with Crippen LogP contribution in [0, 0.1) is 5.41 Å². The molecule has 1 rings (SSSR count). The number of guanidine groups is 1. The molecule has 0 radical (unpaired) electrons. The second-order valence-corrected chi connectivity index (χ2v) is 6.20. The predicted octanol–water partition coefficient (Wildman–Crippen LogP) is 2.61. The summed E-state index contributed by atoms with van der Waals surface area (Å²) in [5, 5.41) is 0. The molecule has 0 atom stereocenters. The van der Waals surface area contributed by atoms with Gasteiger partial charge >= 0.3 is 0 Å². The van der Waals surface area contributed by atoms with Crippen LogP contribution in [0.15, 0.2) is 4.99 Å². The summed E-state index contributed by atoms with van der Waals surface area (Å²) >= 11 is 0. The molecule has 0 aliphatic heterocycles. The highest BCUT2D eigenvalue weighted by molar-refractivity contribution is 5.78. The van der Waals surface area contributed by atoms with E-state index in [1.54, 1.807) is 0 Å². The van der Waals surface area contributed by atoms with Gasteiger partial charge in [0.05, 0.1) is 6.04 Å². The van der Waals surface area contributed by atoms with E-state index < -0.39 is 0 Å². The van der Waals surface area contributed by atoms with Crippen molar-refractivity contribution in [3.8, 4) is 0 Å². The quantitative estimate of drug-likeness (QED) is 0.580.